The van der Waals surface area contributed by atoms with E-state index in [-0.39, 0.29) is 0 Å². The van der Waals surface area contributed by atoms with Gasteiger partial charge in [0.05, 0.1) is 0 Å². The molecule has 0 rings (SSSR count). The van der Waals surface area contributed by atoms with E-state index in [0.29, 0.717) is 0 Å². The third-order valence-corrected chi connectivity index (χ3v) is 3.22. The summed E-state index contributed by atoms with van der Waals surface area (Å²) in [4.78, 5) is 9.35. The van der Waals surface area contributed by atoms with Gasteiger partial charge in [-0.2, -0.15) is 0 Å². The number of hydrogen-bond acceptors (Lipinski definition) is 2. The average molecular weight is 307 g/mol. The summed E-state index contributed by atoms with van der Waals surface area (Å²) in [6, 6.07) is 0. The minimum atomic E-state index is -4.59. The molecule has 0 radical (unpaired) electrons. The Hall–Kier alpha value is 0.830. The van der Waals surface area contributed by atoms with Crippen LogP contribution in [0.3, 0.4) is 0 Å². The van der Waals surface area contributed by atoms with Gasteiger partial charge in [-0.15, -0.1) is 0 Å². The SMILES string of the molecule is O=[N+]([O-])[I-](F)(Cl)Br. The molecule has 0 aromatic heterocycles. The van der Waals surface area contributed by atoms with E-state index >= 15 is 0 Å². The molecule has 1 atom stereocenters. The fourth-order valence-corrected chi connectivity index (χ4v) is 0. The van der Waals surface area contributed by atoms with Crippen LogP contribution in [0.15, 0.2) is 0 Å². The number of hydrogen-bond donors (Lipinski definition) is 0. The van der Waals surface area contributed by atoms with Gasteiger partial charge in [-0.1, -0.05) is 0 Å². The van der Waals surface area contributed by atoms with Crippen molar-refractivity contribution in [2.45, 2.75) is 0 Å². The van der Waals surface area contributed by atoms with Crippen molar-refractivity contribution < 1.29 is 21.9 Å². The molecule has 0 aromatic carbocycles. The third kappa shape index (κ3) is 3.42. The van der Waals surface area contributed by atoms with Crippen LogP contribution in [0.25, 0.3) is 0 Å². The van der Waals surface area contributed by atoms with Gasteiger partial charge in [0, 0.05) is 0 Å². The molecule has 0 amide bonds. The van der Waals surface area contributed by atoms with E-state index in [4.69, 9.17) is 0 Å². The molecule has 0 aliphatic heterocycles. The summed E-state index contributed by atoms with van der Waals surface area (Å²) in [5, 5.41) is 9.35. The number of nitro groups is 1. The van der Waals surface area contributed by atoms with Crippen molar-refractivity contribution in [2.24, 2.45) is 0 Å². The fourth-order valence-electron chi connectivity index (χ4n) is 0. The molecule has 0 heterocycles. The van der Waals surface area contributed by atoms with Crippen molar-refractivity contribution >= 4 is 21.6 Å². The molecule has 7 heteroatoms. The maximum atomic E-state index is 11.7. The molecule has 0 aromatic rings. The Kier molecular flexibility index (Phi) is 2.69. The Morgan fingerprint density at radius 1 is 2.00 bits per heavy atom. The monoisotopic (exact) mass is 306 g/mol. The molecule has 0 aliphatic carbocycles. The zero-order chi connectivity index (χ0) is 6.08. The molecule has 3 nitrogen and oxygen atoms in total. The van der Waals surface area contributed by atoms with Crippen LogP contribution in [0.4, 0.5) is 2.86 Å². The molecule has 46 valence electrons. The van der Waals surface area contributed by atoms with Crippen molar-refractivity contribution in [1.29, 1.82) is 0 Å². The Labute approximate surface area is 53.5 Å². The molecular formula is BrClFINO2-. The van der Waals surface area contributed by atoms with Gasteiger partial charge in [0.1, 0.15) is 0 Å². The van der Waals surface area contributed by atoms with E-state index in [1.54, 1.807) is 0 Å². The molecule has 7 heavy (non-hydrogen) atoms. The molecule has 0 saturated carbocycles. The minimum absolute atomic E-state index is 1.12. The summed E-state index contributed by atoms with van der Waals surface area (Å²) in [6.07, 6.45) is 0. The molecule has 1 unspecified atom stereocenters. The van der Waals surface area contributed by atoms with Gasteiger partial charge >= 0.3 is 53.6 Å². The zero-order valence-electron chi connectivity index (χ0n) is 2.78. The first-order chi connectivity index (χ1) is 2.94. The molecular weight excluding hydrogens is 307 g/mol. The zero-order valence-corrected chi connectivity index (χ0v) is 7.27. The van der Waals surface area contributed by atoms with Crippen molar-refractivity contribution in [3.05, 3.63) is 10.1 Å². The van der Waals surface area contributed by atoms with Gasteiger partial charge in [0.15, 0.2) is 0 Å². The number of nitrogens with zero attached hydrogens (tertiary/aromatic N) is 1. The summed E-state index contributed by atoms with van der Waals surface area (Å²) in [7, 11) is 4.60. The normalized spacial score (nSPS) is 22.7. The molecule has 0 saturated heterocycles. The molecule has 0 aliphatic rings. The van der Waals surface area contributed by atoms with Crippen LogP contribution < -0.4 is 15.9 Å². The first kappa shape index (κ1) is 7.83. The van der Waals surface area contributed by atoms with E-state index in [1.807, 2.05) is 0 Å². The number of rotatable bonds is 1. The van der Waals surface area contributed by atoms with E-state index in [1.165, 1.54) is 0 Å². The van der Waals surface area contributed by atoms with Gasteiger partial charge in [0.2, 0.25) is 0 Å². The summed E-state index contributed by atoms with van der Waals surface area (Å²) < 4.78 is 10.6. The number of halogens is 4. The van der Waals surface area contributed by atoms with E-state index < -0.39 is 19.1 Å². The summed E-state index contributed by atoms with van der Waals surface area (Å²) in [5.74, 6) is 0. The van der Waals surface area contributed by atoms with Crippen molar-refractivity contribution in [3.8, 4) is 0 Å². The van der Waals surface area contributed by atoms with Crippen molar-refractivity contribution in [2.75, 3.05) is 0 Å². The van der Waals surface area contributed by atoms with Crippen LogP contribution in [-0.2, 0) is 0 Å². The standard InChI is InChI=1S/BrClFINO2/c1-4(2,3)5(6)7/q-1. The second-order valence-corrected chi connectivity index (χ2v) is 13.6. The van der Waals surface area contributed by atoms with E-state index in [0.717, 1.165) is 0 Å². The van der Waals surface area contributed by atoms with Crippen LogP contribution in [0.5, 0.6) is 0 Å². The Balaban J connectivity index is 3.79. The molecule has 0 N–H and O–H groups in total. The van der Waals surface area contributed by atoms with Gasteiger partial charge in [-0.3, -0.25) is 0 Å². The van der Waals surface area contributed by atoms with E-state index in [9.17, 15) is 13.0 Å². The van der Waals surface area contributed by atoms with Gasteiger partial charge in [0.25, 0.3) is 0 Å². The Morgan fingerprint density at radius 3 is 2.14 bits per heavy atom. The second-order valence-electron chi connectivity index (χ2n) is 0.566. The molecule has 0 fully saturated rings. The fraction of sp³-hybridized carbons (Fsp3) is 0. The molecule has 0 spiro atoms. The van der Waals surface area contributed by atoms with Crippen LogP contribution in [0.2, 0.25) is 0 Å². The predicted molar refractivity (Wildman–Crippen MR) is 22.9 cm³/mol. The van der Waals surface area contributed by atoms with Gasteiger partial charge in [-0.05, 0) is 0 Å². The quantitative estimate of drug-likeness (QED) is 0.261. The Morgan fingerprint density at radius 2 is 2.14 bits per heavy atom. The summed E-state index contributed by atoms with van der Waals surface area (Å²) in [5.41, 5.74) is 0. The van der Waals surface area contributed by atoms with Crippen LogP contribution in [0.1, 0.15) is 0 Å². The van der Waals surface area contributed by atoms with Crippen molar-refractivity contribution in [3.63, 3.8) is 0 Å². The van der Waals surface area contributed by atoms with Gasteiger partial charge < -0.3 is 0 Å². The predicted octanol–water partition coefficient (Wildman–Crippen LogP) is -1.31. The van der Waals surface area contributed by atoms with Gasteiger partial charge in [-0.25, -0.2) is 0 Å². The van der Waals surface area contributed by atoms with E-state index in [2.05, 4.69) is 21.6 Å². The molecule has 0 bridgehead atoms. The summed E-state index contributed by atoms with van der Waals surface area (Å²) in [6.45, 7) is 0. The topological polar surface area (TPSA) is 43.1 Å². The summed E-state index contributed by atoms with van der Waals surface area (Å²) >= 11 is -2.47. The van der Waals surface area contributed by atoms with Crippen LogP contribution in [0, 0.1) is 10.1 Å². The maximum absolute atomic E-state index is 11.7. The van der Waals surface area contributed by atoms with Crippen molar-refractivity contribution in [1.82, 2.24) is 0 Å². The van der Waals surface area contributed by atoms with Crippen LogP contribution >= 0.6 is 21.6 Å². The first-order valence-corrected chi connectivity index (χ1v) is 10.3. The second kappa shape index (κ2) is 2.40. The van der Waals surface area contributed by atoms with Crippen LogP contribution in [-0.4, -0.2) is 3.14 Å². The average Bonchev–Trinajstić information content (AvgIpc) is 1.31. The Bertz CT molecular complexity index is 90.2. The first-order valence-electron chi connectivity index (χ1n) is 0.963. The third-order valence-electron chi connectivity index (χ3n) is 0.156.